The van der Waals surface area contributed by atoms with Gasteiger partial charge >= 0.3 is 11.9 Å². The molecule has 1 aliphatic carbocycles. The zero-order valence-electron chi connectivity index (χ0n) is 18.0. The van der Waals surface area contributed by atoms with Crippen LogP contribution in [-0.2, 0) is 28.5 Å². The molecule has 156 valence electrons. The summed E-state index contributed by atoms with van der Waals surface area (Å²) in [6.45, 7) is 13.3. The third-order valence-electron chi connectivity index (χ3n) is 5.15. The van der Waals surface area contributed by atoms with E-state index in [1.54, 1.807) is 0 Å². The van der Waals surface area contributed by atoms with E-state index in [1.807, 2.05) is 48.5 Å². The van der Waals surface area contributed by atoms with Gasteiger partial charge in [-0.25, -0.2) is 0 Å². The Hall–Kier alpha value is -1.14. The van der Waals surface area contributed by atoms with Gasteiger partial charge in [0, 0.05) is 13.0 Å². The van der Waals surface area contributed by atoms with Gasteiger partial charge in [0.05, 0.1) is 5.60 Å². The first-order chi connectivity index (χ1) is 12.4. The van der Waals surface area contributed by atoms with E-state index < -0.39 is 40.4 Å². The maximum Gasteiger partial charge on any atom is 0.327 e. The largest absolute Gasteiger partial charge is 0.459 e. The maximum atomic E-state index is 13.4. The number of hydrogen-bond donors (Lipinski definition) is 0. The lowest BCUT2D eigenvalue weighted by molar-refractivity contribution is -0.282. The van der Waals surface area contributed by atoms with Crippen molar-refractivity contribution >= 4 is 11.9 Å². The highest BCUT2D eigenvalue weighted by Crippen LogP contribution is 2.55. The Bertz CT molecular complexity index is 520. The van der Waals surface area contributed by atoms with Crippen molar-refractivity contribution in [3.05, 3.63) is 0 Å². The van der Waals surface area contributed by atoms with Crippen molar-refractivity contribution in [2.24, 2.45) is 5.41 Å². The predicted molar refractivity (Wildman–Crippen MR) is 101 cm³/mol. The molecule has 1 unspecified atom stereocenters. The summed E-state index contributed by atoms with van der Waals surface area (Å²) in [6, 6.07) is 0. The summed E-state index contributed by atoms with van der Waals surface area (Å²) in [7, 11) is 0. The molecule has 1 atom stereocenters. The molecule has 0 aromatic rings. The van der Waals surface area contributed by atoms with Crippen molar-refractivity contribution in [1.29, 1.82) is 0 Å². The van der Waals surface area contributed by atoms with E-state index in [0.29, 0.717) is 32.3 Å². The van der Waals surface area contributed by atoms with E-state index in [1.165, 1.54) is 0 Å². The van der Waals surface area contributed by atoms with Crippen molar-refractivity contribution in [2.75, 3.05) is 6.61 Å². The normalized spacial score (nSPS) is 24.6. The summed E-state index contributed by atoms with van der Waals surface area (Å²) in [5, 5.41) is 0. The van der Waals surface area contributed by atoms with E-state index in [9.17, 15) is 9.59 Å². The molecule has 6 nitrogen and oxygen atoms in total. The van der Waals surface area contributed by atoms with Crippen LogP contribution in [0.2, 0.25) is 0 Å². The standard InChI is InChI=1S/C21H36O6/c1-8-24-15-11-14-21(16(22)26-18(2,3)4,17(23)27-19(5,6)7)20(25-15)12-9-10-13-20/h15H,8-14H2,1-7H3. The Kier molecular flexibility index (Phi) is 6.32. The number of ether oxygens (including phenoxy) is 4. The molecule has 27 heavy (non-hydrogen) atoms. The van der Waals surface area contributed by atoms with E-state index in [4.69, 9.17) is 18.9 Å². The fourth-order valence-corrected chi connectivity index (χ4v) is 4.16. The lowest BCUT2D eigenvalue weighted by Crippen LogP contribution is -2.64. The molecule has 0 aromatic carbocycles. The van der Waals surface area contributed by atoms with E-state index >= 15 is 0 Å². The lowest BCUT2D eigenvalue weighted by atomic mass is 9.65. The number of hydrogen-bond acceptors (Lipinski definition) is 6. The number of esters is 2. The van der Waals surface area contributed by atoms with Crippen LogP contribution in [0.3, 0.4) is 0 Å². The Labute approximate surface area is 163 Å². The molecule has 1 saturated heterocycles. The Morgan fingerprint density at radius 2 is 1.41 bits per heavy atom. The Balaban J connectivity index is 2.49. The van der Waals surface area contributed by atoms with Crippen molar-refractivity contribution in [3.63, 3.8) is 0 Å². The lowest BCUT2D eigenvalue weighted by Gasteiger charge is -2.50. The van der Waals surface area contributed by atoms with Crippen LogP contribution in [0.4, 0.5) is 0 Å². The molecule has 0 bridgehead atoms. The molecule has 0 N–H and O–H groups in total. The molecule has 0 radical (unpaired) electrons. The third kappa shape index (κ3) is 4.65. The van der Waals surface area contributed by atoms with Crippen LogP contribution in [0.5, 0.6) is 0 Å². The van der Waals surface area contributed by atoms with Crippen LogP contribution < -0.4 is 0 Å². The van der Waals surface area contributed by atoms with Gasteiger partial charge in [-0.1, -0.05) is 12.8 Å². The predicted octanol–water partition coefficient (Wildman–Crippen LogP) is 4.14. The molecule has 2 aliphatic rings. The SMILES string of the molecule is CCOC1CCC(C(=O)OC(C)(C)C)(C(=O)OC(C)(C)C)C2(CCCC2)O1. The zero-order valence-corrected chi connectivity index (χ0v) is 18.0. The smallest absolute Gasteiger partial charge is 0.327 e. The van der Waals surface area contributed by atoms with E-state index in [2.05, 4.69) is 0 Å². The van der Waals surface area contributed by atoms with Gasteiger partial charge in [-0.3, -0.25) is 9.59 Å². The van der Waals surface area contributed by atoms with Gasteiger partial charge < -0.3 is 18.9 Å². The van der Waals surface area contributed by atoms with Crippen molar-refractivity contribution in [2.45, 2.75) is 110 Å². The average molecular weight is 385 g/mol. The minimum Gasteiger partial charge on any atom is -0.459 e. The van der Waals surface area contributed by atoms with Crippen LogP contribution in [0, 0.1) is 5.41 Å². The molecule has 1 aliphatic heterocycles. The van der Waals surface area contributed by atoms with Crippen LogP contribution >= 0.6 is 0 Å². The number of carbonyl (C=O) groups excluding carboxylic acids is 2. The summed E-state index contributed by atoms with van der Waals surface area (Å²) in [5.41, 5.74) is -3.81. The van der Waals surface area contributed by atoms with Crippen molar-refractivity contribution in [1.82, 2.24) is 0 Å². The Morgan fingerprint density at radius 1 is 0.926 bits per heavy atom. The van der Waals surface area contributed by atoms with Crippen LogP contribution in [0.15, 0.2) is 0 Å². The van der Waals surface area contributed by atoms with Crippen molar-refractivity contribution < 1.29 is 28.5 Å². The second-order valence-electron chi connectivity index (χ2n) is 9.65. The van der Waals surface area contributed by atoms with Gasteiger partial charge in [-0.15, -0.1) is 0 Å². The third-order valence-corrected chi connectivity index (χ3v) is 5.15. The second-order valence-corrected chi connectivity index (χ2v) is 9.65. The minimum atomic E-state index is -1.46. The van der Waals surface area contributed by atoms with Gasteiger partial charge in [0.15, 0.2) is 11.7 Å². The molecule has 0 amide bonds. The molecule has 0 aromatic heterocycles. The summed E-state index contributed by atoms with van der Waals surface area (Å²) < 4.78 is 23.5. The monoisotopic (exact) mass is 384 g/mol. The molecule has 2 rings (SSSR count). The van der Waals surface area contributed by atoms with Gasteiger partial charge in [0.25, 0.3) is 0 Å². The summed E-state index contributed by atoms with van der Waals surface area (Å²) in [5.74, 6) is -1.08. The molecular weight excluding hydrogens is 348 g/mol. The fourth-order valence-electron chi connectivity index (χ4n) is 4.16. The van der Waals surface area contributed by atoms with Crippen LogP contribution in [0.25, 0.3) is 0 Å². The molecule has 1 heterocycles. The molecule has 6 heteroatoms. The maximum absolute atomic E-state index is 13.4. The summed E-state index contributed by atoms with van der Waals surface area (Å²) in [4.78, 5) is 26.9. The van der Waals surface area contributed by atoms with E-state index in [-0.39, 0.29) is 0 Å². The highest BCUT2D eigenvalue weighted by molar-refractivity contribution is 6.02. The minimum absolute atomic E-state index is 0.307. The molecule has 1 spiro atoms. The summed E-state index contributed by atoms with van der Waals surface area (Å²) in [6.07, 6.45) is 3.38. The van der Waals surface area contributed by atoms with Crippen LogP contribution in [0.1, 0.15) is 87.0 Å². The fraction of sp³-hybridized carbons (Fsp3) is 0.905. The van der Waals surface area contributed by atoms with Gasteiger partial charge in [0.2, 0.25) is 0 Å². The molecule has 1 saturated carbocycles. The summed E-state index contributed by atoms with van der Waals surface area (Å²) >= 11 is 0. The quantitative estimate of drug-likeness (QED) is 0.536. The highest BCUT2D eigenvalue weighted by atomic mass is 16.7. The van der Waals surface area contributed by atoms with Gasteiger partial charge in [-0.2, -0.15) is 0 Å². The number of rotatable bonds is 4. The van der Waals surface area contributed by atoms with Gasteiger partial charge in [-0.05, 0) is 67.7 Å². The van der Waals surface area contributed by atoms with Crippen LogP contribution in [-0.4, -0.2) is 41.6 Å². The Morgan fingerprint density at radius 3 is 1.81 bits per heavy atom. The van der Waals surface area contributed by atoms with E-state index in [0.717, 1.165) is 12.8 Å². The van der Waals surface area contributed by atoms with Crippen molar-refractivity contribution in [3.8, 4) is 0 Å². The first kappa shape index (κ1) is 22.2. The molecular formula is C21H36O6. The zero-order chi connectivity index (χ0) is 20.5. The first-order valence-corrected chi connectivity index (χ1v) is 10.1. The number of carbonyl (C=O) groups is 2. The first-order valence-electron chi connectivity index (χ1n) is 10.1. The highest BCUT2D eigenvalue weighted by Gasteiger charge is 2.68. The molecule has 2 fully saturated rings. The van der Waals surface area contributed by atoms with Gasteiger partial charge in [0.1, 0.15) is 11.2 Å². The second kappa shape index (κ2) is 7.70. The average Bonchev–Trinajstić information content (AvgIpc) is 2.93. The topological polar surface area (TPSA) is 71.1 Å².